The van der Waals surface area contributed by atoms with Gasteiger partial charge in [0.1, 0.15) is 11.5 Å². The highest BCUT2D eigenvalue weighted by Gasteiger charge is 2.27. The van der Waals surface area contributed by atoms with Gasteiger partial charge in [0.15, 0.2) is 0 Å². The number of amides is 1. The van der Waals surface area contributed by atoms with Crippen molar-refractivity contribution in [3.05, 3.63) is 35.5 Å². The second kappa shape index (κ2) is 5.90. The molecule has 2 aromatic heterocycles. The fourth-order valence-electron chi connectivity index (χ4n) is 2.12. The summed E-state index contributed by atoms with van der Waals surface area (Å²) in [4.78, 5) is 11.7. The van der Waals surface area contributed by atoms with Crippen molar-refractivity contribution in [1.82, 2.24) is 20.7 Å². The van der Waals surface area contributed by atoms with Gasteiger partial charge in [-0.15, -0.1) is 0 Å². The summed E-state index contributed by atoms with van der Waals surface area (Å²) >= 11 is 0. The van der Waals surface area contributed by atoms with Gasteiger partial charge in [-0.2, -0.15) is 5.10 Å². The van der Waals surface area contributed by atoms with E-state index in [1.54, 1.807) is 6.20 Å². The van der Waals surface area contributed by atoms with Crippen LogP contribution in [0.2, 0.25) is 0 Å². The molecule has 2 N–H and O–H groups in total. The maximum absolute atomic E-state index is 11.7. The van der Waals surface area contributed by atoms with E-state index in [-0.39, 0.29) is 5.91 Å². The van der Waals surface area contributed by atoms with E-state index >= 15 is 0 Å². The largest absolute Gasteiger partial charge is 0.361 e. The van der Waals surface area contributed by atoms with E-state index in [0.29, 0.717) is 18.9 Å². The van der Waals surface area contributed by atoms with Crippen LogP contribution in [0, 0.1) is 0 Å². The summed E-state index contributed by atoms with van der Waals surface area (Å²) in [6, 6.07) is 1.95. The van der Waals surface area contributed by atoms with Crippen molar-refractivity contribution in [2.45, 2.75) is 44.6 Å². The first-order chi connectivity index (χ1) is 9.81. The number of nitrogens with one attached hydrogen (secondary N) is 2. The van der Waals surface area contributed by atoms with Crippen LogP contribution in [-0.2, 0) is 17.8 Å². The molecule has 6 nitrogen and oxygen atoms in total. The first-order valence-corrected chi connectivity index (χ1v) is 7.01. The molecule has 20 heavy (non-hydrogen) atoms. The molecule has 1 fully saturated rings. The summed E-state index contributed by atoms with van der Waals surface area (Å²) in [5, 5.41) is 13.5. The van der Waals surface area contributed by atoms with Gasteiger partial charge in [-0.25, -0.2) is 0 Å². The number of carbonyl (C=O) groups is 1. The highest BCUT2D eigenvalue weighted by atomic mass is 16.5. The van der Waals surface area contributed by atoms with Crippen LogP contribution >= 0.6 is 0 Å². The van der Waals surface area contributed by atoms with Gasteiger partial charge in [0, 0.05) is 24.6 Å². The Labute approximate surface area is 116 Å². The van der Waals surface area contributed by atoms with E-state index in [1.807, 2.05) is 12.3 Å². The molecule has 0 bridgehead atoms. The Bertz CT molecular complexity index is 558. The highest BCUT2D eigenvalue weighted by Crippen LogP contribution is 2.40. The Morgan fingerprint density at radius 3 is 3.15 bits per heavy atom. The third-order valence-electron chi connectivity index (χ3n) is 3.45. The maximum Gasteiger partial charge on any atom is 0.220 e. The summed E-state index contributed by atoms with van der Waals surface area (Å²) in [5.74, 6) is 1.56. The molecule has 0 saturated heterocycles. The normalized spacial score (nSPS) is 14.4. The summed E-state index contributed by atoms with van der Waals surface area (Å²) in [5.41, 5.74) is 1.93. The van der Waals surface area contributed by atoms with E-state index < -0.39 is 0 Å². The Morgan fingerprint density at radius 2 is 2.40 bits per heavy atom. The maximum atomic E-state index is 11.7. The zero-order valence-corrected chi connectivity index (χ0v) is 11.3. The molecule has 0 aromatic carbocycles. The van der Waals surface area contributed by atoms with E-state index in [4.69, 9.17) is 4.52 Å². The zero-order valence-electron chi connectivity index (χ0n) is 11.3. The van der Waals surface area contributed by atoms with Crippen LogP contribution in [0.15, 0.2) is 23.0 Å². The van der Waals surface area contributed by atoms with E-state index in [2.05, 4.69) is 20.7 Å². The summed E-state index contributed by atoms with van der Waals surface area (Å²) in [6.45, 7) is 0.445. The zero-order chi connectivity index (χ0) is 13.8. The lowest BCUT2D eigenvalue weighted by Crippen LogP contribution is -2.22. The van der Waals surface area contributed by atoms with Crippen molar-refractivity contribution in [3.63, 3.8) is 0 Å². The third-order valence-corrected chi connectivity index (χ3v) is 3.45. The molecule has 106 valence electrons. The molecule has 1 amide bonds. The monoisotopic (exact) mass is 274 g/mol. The summed E-state index contributed by atoms with van der Waals surface area (Å²) < 4.78 is 5.24. The van der Waals surface area contributed by atoms with Gasteiger partial charge in [0.2, 0.25) is 5.91 Å². The van der Waals surface area contributed by atoms with Gasteiger partial charge in [-0.3, -0.25) is 9.89 Å². The van der Waals surface area contributed by atoms with Crippen molar-refractivity contribution >= 4 is 5.91 Å². The van der Waals surface area contributed by atoms with Crippen LogP contribution in [0.3, 0.4) is 0 Å². The fourth-order valence-corrected chi connectivity index (χ4v) is 2.12. The van der Waals surface area contributed by atoms with Crippen LogP contribution in [0.1, 0.15) is 48.6 Å². The quantitative estimate of drug-likeness (QED) is 0.807. The van der Waals surface area contributed by atoms with Gasteiger partial charge in [0.25, 0.3) is 0 Å². The first-order valence-electron chi connectivity index (χ1n) is 7.01. The van der Waals surface area contributed by atoms with Crippen molar-refractivity contribution < 1.29 is 9.32 Å². The van der Waals surface area contributed by atoms with Crippen LogP contribution in [-0.4, -0.2) is 21.3 Å². The predicted octanol–water partition coefficient (Wildman–Crippen LogP) is 1.91. The minimum absolute atomic E-state index is 0.0458. The number of rotatable bonds is 7. The SMILES string of the molecule is O=C(CCCc1cn[nH]c1)NCc1cc(C2CC2)on1. The number of nitrogens with zero attached hydrogens (tertiary/aromatic N) is 2. The molecule has 0 unspecified atom stereocenters. The van der Waals surface area contributed by atoms with Crippen LogP contribution < -0.4 is 5.32 Å². The molecule has 1 aliphatic rings. The molecule has 1 aliphatic carbocycles. The molecule has 0 atom stereocenters. The fraction of sp³-hybridized carbons (Fsp3) is 0.500. The molecule has 2 heterocycles. The lowest BCUT2D eigenvalue weighted by atomic mass is 10.1. The van der Waals surface area contributed by atoms with Crippen molar-refractivity contribution in [2.75, 3.05) is 0 Å². The molecule has 6 heteroatoms. The van der Waals surface area contributed by atoms with Gasteiger partial charge in [-0.1, -0.05) is 5.16 Å². The molecule has 1 saturated carbocycles. The van der Waals surface area contributed by atoms with E-state index in [9.17, 15) is 4.79 Å². The van der Waals surface area contributed by atoms with Gasteiger partial charge in [-0.05, 0) is 31.2 Å². The molecule has 0 radical (unpaired) electrons. The molecular weight excluding hydrogens is 256 g/mol. The van der Waals surface area contributed by atoms with Crippen molar-refractivity contribution in [3.8, 4) is 0 Å². The van der Waals surface area contributed by atoms with Crippen molar-refractivity contribution in [1.29, 1.82) is 0 Å². The van der Waals surface area contributed by atoms with Gasteiger partial charge in [0.05, 0.1) is 12.7 Å². The first kappa shape index (κ1) is 12.9. The number of hydrogen-bond donors (Lipinski definition) is 2. The number of carbonyl (C=O) groups excluding carboxylic acids is 1. The molecular formula is C14H18N4O2. The van der Waals surface area contributed by atoms with E-state index in [1.165, 1.54) is 12.8 Å². The highest BCUT2D eigenvalue weighted by molar-refractivity contribution is 5.75. The minimum Gasteiger partial charge on any atom is -0.361 e. The van der Waals surface area contributed by atoms with Gasteiger partial charge < -0.3 is 9.84 Å². The number of aromatic amines is 1. The summed E-state index contributed by atoms with van der Waals surface area (Å²) in [6.07, 6.45) is 8.21. The Hall–Kier alpha value is -2.11. The van der Waals surface area contributed by atoms with Crippen LogP contribution in [0.4, 0.5) is 0 Å². The lowest BCUT2D eigenvalue weighted by Gasteiger charge is -2.02. The average Bonchev–Trinajstić information content (AvgIpc) is 2.98. The molecule has 3 rings (SSSR count). The number of aromatic nitrogens is 3. The minimum atomic E-state index is 0.0458. The number of H-pyrrole nitrogens is 1. The lowest BCUT2D eigenvalue weighted by molar-refractivity contribution is -0.121. The summed E-state index contributed by atoms with van der Waals surface area (Å²) in [7, 11) is 0. The number of aryl methyl sites for hydroxylation is 1. The standard InChI is InChI=1S/C14H18N4O2/c19-14(3-1-2-10-7-16-17-8-10)15-9-12-6-13(20-18-12)11-4-5-11/h6-8,11H,1-5,9H2,(H,15,19)(H,16,17). The molecule has 0 spiro atoms. The second-order valence-electron chi connectivity index (χ2n) is 5.23. The van der Waals surface area contributed by atoms with Crippen molar-refractivity contribution in [2.24, 2.45) is 0 Å². The Kier molecular flexibility index (Phi) is 3.80. The predicted molar refractivity (Wildman–Crippen MR) is 71.9 cm³/mol. The Morgan fingerprint density at radius 1 is 1.50 bits per heavy atom. The van der Waals surface area contributed by atoms with E-state index in [0.717, 1.165) is 29.9 Å². The van der Waals surface area contributed by atoms with Gasteiger partial charge >= 0.3 is 0 Å². The molecule has 0 aliphatic heterocycles. The van der Waals surface area contributed by atoms with Crippen LogP contribution in [0.5, 0.6) is 0 Å². The third kappa shape index (κ3) is 3.46. The second-order valence-corrected chi connectivity index (χ2v) is 5.23. The van der Waals surface area contributed by atoms with Crippen LogP contribution in [0.25, 0.3) is 0 Å². The topological polar surface area (TPSA) is 83.8 Å². The number of hydrogen-bond acceptors (Lipinski definition) is 4. The smallest absolute Gasteiger partial charge is 0.220 e. The Balaban J connectivity index is 1.35. The average molecular weight is 274 g/mol. The molecule has 2 aromatic rings.